The van der Waals surface area contributed by atoms with Crippen molar-refractivity contribution in [2.45, 2.75) is 12.8 Å². The maximum Gasteiger partial charge on any atom is 0.271 e. The van der Waals surface area contributed by atoms with Crippen LogP contribution in [0.15, 0.2) is 12.1 Å². The first-order valence-electron chi connectivity index (χ1n) is 6.10. The van der Waals surface area contributed by atoms with Crippen LogP contribution in [0.4, 0.5) is 5.82 Å². The summed E-state index contributed by atoms with van der Waals surface area (Å²) in [6, 6.07) is 3.20. The number of nitrogens with one attached hydrogen (secondary N) is 2. The van der Waals surface area contributed by atoms with E-state index < -0.39 is 0 Å². The van der Waals surface area contributed by atoms with Crippen LogP contribution in [-0.2, 0) is 0 Å². The van der Waals surface area contributed by atoms with Gasteiger partial charge in [-0.15, -0.1) is 0 Å². The highest BCUT2D eigenvalue weighted by Crippen LogP contribution is 2.15. The topological polar surface area (TPSA) is 83.3 Å². The summed E-state index contributed by atoms with van der Waals surface area (Å²) >= 11 is 5.93. The van der Waals surface area contributed by atoms with Crippen LogP contribution in [0.5, 0.6) is 0 Å². The molecule has 1 heterocycles. The van der Waals surface area contributed by atoms with Gasteiger partial charge in [0.1, 0.15) is 11.5 Å². The molecule has 106 valence electrons. The molecule has 0 unspecified atom stereocenters. The SMILES string of the molecule is CN(C)CCCCNC(=O)c1nc(NN)ccc1Cl. The Hall–Kier alpha value is -1.37. The minimum atomic E-state index is -0.285. The fourth-order valence-corrected chi connectivity index (χ4v) is 1.71. The minimum Gasteiger partial charge on any atom is -0.351 e. The number of pyridine rings is 1. The van der Waals surface area contributed by atoms with Gasteiger partial charge in [-0.1, -0.05) is 11.6 Å². The first-order chi connectivity index (χ1) is 9.04. The average molecular weight is 286 g/mol. The van der Waals surface area contributed by atoms with Crippen LogP contribution in [0, 0.1) is 0 Å². The molecular weight excluding hydrogens is 266 g/mol. The molecule has 0 aliphatic heterocycles. The monoisotopic (exact) mass is 285 g/mol. The summed E-state index contributed by atoms with van der Waals surface area (Å²) in [4.78, 5) is 18.0. The Morgan fingerprint density at radius 1 is 1.42 bits per heavy atom. The van der Waals surface area contributed by atoms with Gasteiger partial charge in [-0.25, -0.2) is 10.8 Å². The Kier molecular flexibility index (Phi) is 6.55. The standard InChI is InChI=1S/C12H20ClN5O/c1-18(2)8-4-3-7-15-12(19)11-9(13)5-6-10(16-11)17-14/h5-6H,3-4,7-8,14H2,1-2H3,(H,15,19)(H,16,17). The number of nitrogens with zero attached hydrogens (tertiary/aromatic N) is 2. The summed E-state index contributed by atoms with van der Waals surface area (Å²) in [6.45, 7) is 1.60. The highest BCUT2D eigenvalue weighted by atomic mass is 35.5. The molecule has 0 saturated heterocycles. The second-order valence-electron chi connectivity index (χ2n) is 4.44. The summed E-state index contributed by atoms with van der Waals surface area (Å²) in [7, 11) is 4.04. The van der Waals surface area contributed by atoms with Gasteiger partial charge in [-0.2, -0.15) is 0 Å². The molecule has 0 spiro atoms. The van der Waals surface area contributed by atoms with Gasteiger partial charge in [0.2, 0.25) is 0 Å². The summed E-state index contributed by atoms with van der Waals surface area (Å²) in [5.74, 6) is 5.36. The zero-order valence-corrected chi connectivity index (χ0v) is 12.0. The normalized spacial score (nSPS) is 10.6. The minimum absolute atomic E-state index is 0.185. The third kappa shape index (κ3) is 5.42. The zero-order chi connectivity index (χ0) is 14.3. The Morgan fingerprint density at radius 3 is 2.79 bits per heavy atom. The van der Waals surface area contributed by atoms with Crippen LogP contribution in [0.3, 0.4) is 0 Å². The maximum absolute atomic E-state index is 11.9. The maximum atomic E-state index is 11.9. The van der Waals surface area contributed by atoms with Crippen LogP contribution < -0.4 is 16.6 Å². The quantitative estimate of drug-likeness (QED) is 0.397. The van der Waals surface area contributed by atoms with Crippen molar-refractivity contribution in [3.63, 3.8) is 0 Å². The molecule has 4 N–H and O–H groups in total. The largest absolute Gasteiger partial charge is 0.351 e. The van der Waals surface area contributed by atoms with Gasteiger partial charge in [0.05, 0.1) is 5.02 Å². The molecule has 1 aromatic rings. The summed E-state index contributed by atoms with van der Waals surface area (Å²) < 4.78 is 0. The number of halogens is 1. The van der Waals surface area contributed by atoms with Crippen LogP contribution in [0.1, 0.15) is 23.3 Å². The highest BCUT2D eigenvalue weighted by molar-refractivity contribution is 6.33. The van der Waals surface area contributed by atoms with E-state index in [-0.39, 0.29) is 11.6 Å². The predicted octanol–water partition coefficient (Wildman–Crippen LogP) is 1.09. The van der Waals surface area contributed by atoms with Gasteiger partial charge >= 0.3 is 0 Å². The molecule has 0 atom stereocenters. The highest BCUT2D eigenvalue weighted by Gasteiger charge is 2.12. The number of unbranched alkanes of at least 4 members (excludes halogenated alkanes) is 1. The van der Waals surface area contributed by atoms with Gasteiger partial charge in [0, 0.05) is 6.54 Å². The van der Waals surface area contributed by atoms with E-state index in [1.54, 1.807) is 12.1 Å². The van der Waals surface area contributed by atoms with Gasteiger partial charge in [0.15, 0.2) is 0 Å². The van der Waals surface area contributed by atoms with Crippen LogP contribution >= 0.6 is 11.6 Å². The molecule has 6 nitrogen and oxygen atoms in total. The van der Waals surface area contributed by atoms with Gasteiger partial charge < -0.3 is 15.6 Å². The third-order valence-electron chi connectivity index (χ3n) is 2.53. The van der Waals surface area contributed by atoms with E-state index in [1.165, 1.54) is 0 Å². The molecular formula is C12H20ClN5O. The van der Waals surface area contributed by atoms with Crippen LogP contribution in [-0.4, -0.2) is 43.0 Å². The zero-order valence-electron chi connectivity index (χ0n) is 11.2. The molecule has 1 amide bonds. The Balaban J connectivity index is 2.45. The van der Waals surface area contributed by atoms with Crippen molar-refractivity contribution in [3.8, 4) is 0 Å². The number of rotatable bonds is 7. The molecule has 0 aliphatic carbocycles. The molecule has 0 radical (unpaired) electrons. The average Bonchev–Trinajstić information content (AvgIpc) is 2.38. The van der Waals surface area contributed by atoms with E-state index in [1.807, 2.05) is 14.1 Å². The van der Waals surface area contributed by atoms with Crippen molar-refractivity contribution in [2.24, 2.45) is 5.84 Å². The van der Waals surface area contributed by atoms with Crippen molar-refractivity contribution in [1.29, 1.82) is 0 Å². The van der Waals surface area contributed by atoms with Crippen molar-refractivity contribution in [1.82, 2.24) is 15.2 Å². The Labute approximate surface area is 118 Å². The number of amides is 1. The molecule has 1 rings (SSSR count). The second kappa shape index (κ2) is 7.93. The lowest BCUT2D eigenvalue weighted by Gasteiger charge is -2.10. The molecule has 0 aliphatic rings. The van der Waals surface area contributed by atoms with Crippen molar-refractivity contribution in [3.05, 3.63) is 22.8 Å². The van der Waals surface area contributed by atoms with E-state index in [4.69, 9.17) is 17.4 Å². The number of anilines is 1. The van der Waals surface area contributed by atoms with Crippen molar-refractivity contribution < 1.29 is 4.79 Å². The van der Waals surface area contributed by atoms with Crippen LogP contribution in [0.25, 0.3) is 0 Å². The van der Waals surface area contributed by atoms with Gasteiger partial charge in [0.25, 0.3) is 5.91 Å². The van der Waals surface area contributed by atoms with Crippen molar-refractivity contribution in [2.75, 3.05) is 32.6 Å². The lowest BCUT2D eigenvalue weighted by Crippen LogP contribution is -2.27. The van der Waals surface area contributed by atoms with Crippen molar-refractivity contribution >= 4 is 23.3 Å². The fraction of sp³-hybridized carbons (Fsp3) is 0.500. The summed E-state index contributed by atoms with van der Waals surface area (Å²) in [5, 5.41) is 3.10. The fourth-order valence-electron chi connectivity index (χ4n) is 1.52. The number of aromatic nitrogens is 1. The van der Waals surface area contributed by atoms with Gasteiger partial charge in [-0.05, 0) is 45.6 Å². The Bertz CT molecular complexity index is 425. The summed E-state index contributed by atoms with van der Waals surface area (Å²) in [5.41, 5.74) is 2.57. The Morgan fingerprint density at radius 2 is 2.16 bits per heavy atom. The number of nitrogens with two attached hydrogens (primary N) is 1. The van der Waals surface area contributed by atoms with E-state index in [2.05, 4.69) is 20.6 Å². The number of hydrazine groups is 1. The number of hydrogen-bond donors (Lipinski definition) is 3. The number of carbonyl (C=O) groups excluding carboxylic acids is 1. The molecule has 1 aromatic heterocycles. The van der Waals surface area contributed by atoms with Gasteiger partial charge in [-0.3, -0.25) is 4.79 Å². The van der Waals surface area contributed by atoms with E-state index in [9.17, 15) is 4.79 Å². The molecule has 0 bridgehead atoms. The number of nitrogen functional groups attached to an aromatic ring is 1. The first kappa shape index (κ1) is 15.7. The van der Waals surface area contributed by atoms with E-state index in [0.717, 1.165) is 19.4 Å². The lowest BCUT2D eigenvalue weighted by molar-refractivity contribution is 0.0948. The van der Waals surface area contributed by atoms with E-state index >= 15 is 0 Å². The summed E-state index contributed by atoms with van der Waals surface area (Å²) in [6.07, 6.45) is 1.94. The number of carbonyl (C=O) groups is 1. The smallest absolute Gasteiger partial charge is 0.271 e. The third-order valence-corrected chi connectivity index (χ3v) is 2.83. The molecule has 0 aromatic carbocycles. The molecule has 0 fully saturated rings. The predicted molar refractivity (Wildman–Crippen MR) is 77.2 cm³/mol. The number of hydrogen-bond acceptors (Lipinski definition) is 5. The second-order valence-corrected chi connectivity index (χ2v) is 4.84. The molecule has 0 saturated carbocycles. The van der Waals surface area contributed by atoms with Crippen LogP contribution in [0.2, 0.25) is 5.02 Å². The first-order valence-corrected chi connectivity index (χ1v) is 6.48. The van der Waals surface area contributed by atoms with E-state index in [0.29, 0.717) is 17.4 Å². The molecule has 7 heteroatoms. The lowest BCUT2D eigenvalue weighted by atomic mass is 10.3. The molecule has 19 heavy (non-hydrogen) atoms.